The molecule has 1 fully saturated rings. The van der Waals surface area contributed by atoms with Crippen LogP contribution in [0.5, 0.6) is 0 Å². The lowest BCUT2D eigenvalue weighted by Crippen LogP contribution is -2.40. The summed E-state index contributed by atoms with van der Waals surface area (Å²) in [6, 6.07) is 4.19. The normalized spacial score (nSPS) is 27.0. The quantitative estimate of drug-likeness (QED) is 0.666. The molecular weight excluding hydrogens is 272 g/mol. The Kier molecular flexibility index (Phi) is 3.02. The average molecular weight is 290 g/mol. The molecule has 6 nitrogen and oxygen atoms in total. The Bertz CT molecular complexity index is 626. The number of hydrogen-bond acceptors (Lipinski definition) is 4. The molecule has 0 saturated carbocycles. The molecule has 1 aliphatic heterocycles. The summed E-state index contributed by atoms with van der Waals surface area (Å²) in [5.41, 5.74) is 1.05. The molecule has 0 unspecified atom stereocenters. The van der Waals surface area contributed by atoms with Crippen molar-refractivity contribution < 1.29 is 14.8 Å². The number of nitro groups is 1. The molecule has 1 heterocycles. The van der Waals surface area contributed by atoms with Crippen LogP contribution >= 0.6 is 0 Å². The minimum absolute atomic E-state index is 0.00436. The highest BCUT2D eigenvalue weighted by molar-refractivity contribution is 5.79. The monoisotopic (exact) mass is 290 g/mol. The van der Waals surface area contributed by atoms with Gasteiger partial charge in [-0.25, -0.2) is 0 Å². The van der Waals surface area contributed by atoms with Gasteiger partial charge in [-0.05, 0) is 17.5 Å². The Morgan fingerprint density at radius 3 is 2.71 bits per heavy atom. The minimum atomic E-state index is -0.753. The van der Waals surface area contributed by atoms with E-state index in [2.05, 4.69) is 0 Å². The average Bonchev–Trinajstić information content (AvgIpc) is 2.91. The number of non-ortho nitro benzene ring substituents is 1. The van der Waals surface area contributed by atoms with E-state index in [0.717, 1.165) is 12.0 Å². The standard InChI is InChI=1S/C15H18N2O4/c1-15(2)11-6-5-9(17(20)21)8-10(11)13(14(15)19)16-7-3-4-12(16)18/h5-6,8,13-14,19H,3-4,7H2,1-2H3/t13-,14-/m0/s1. The molecule has 1 N–H and O–H groups in total. The van der Waals surface area contributed by atoms with E-state index in [-0.39, 0.29) is 11.6 Å². The summed E-state index contributed by atoms with van der Waals surface area (Å²) in [5, 5.41) is 21.7. The molecule has 112 valence electrons. The number of carbonyl (C=O) groups excluding carboxylic acids is 1. The second-order valence-corrected chi connectivity index (χ2v) is 6.33. The second kappa shape index (κ2) is 4.53. The number of fused-ring (bicyclic) bond motifs is 1. The number of likely N-dealkylation sites (tertiary alicyclic amines) is 1. The van der Waals surface area contributed by atoms with Gasteiger partial charge in [0.15, 0.2) is 0 Å². The number of carbonyl (C=O) groups is 1. The molecule has 0 radical (unpaired) electrons. The number of rotatable bonds is 2. The first-order valence-electron chi connectivity index (χ1n) is 7.10. The van der Waals surface area contributed by atoms with Crippen LogP contribution < -0.4 is 0 Å². The van der Waals surface area contributed by atoms with Crippen LogP contribution in [0.4, 0.5) is 5.69 Å². The first-order valence-corrected chi connectivity index (χ1v) is 7.10. The van der Waals surface area contributed by atoms with Crippen molar-refractivity contribution in [2.24, 2.45) is 0 Å². The van der Waals surface area contributed by atoms with E-state index in [1.54, 1.807) is 11.0 Å². The fourth-order valence-electron chi connectivity index (χ4n) is 3.52. The SMILES string of the molecule is CC1(C)c2ccc([N+](=O)[O-])cc2[C@H](N2CCCC2=O)[C@@H]1O. The third kappa shape index (κ3) is 1.93. The van der Waals surface area contributed by atoms with E-state index >= 15 is 0 Å². The Morgan fingerprint density at radius 2 is 2.14 bits per heavy atom. The molecule has 1 aromatic rings. The molecule has 21 heavy (non-hydrogen) atoms. The molecule has 2 atom stereocenters. The largest absolute Gasteiger partial charge is 0.390 e. The summed E-state index contributed by atoms with van der Waals surface area (Å²) in [6.07, 6.45) is 0.497. The predicted molar refractivity (Wildman–Crippen MR) is 75.8 cm³/mol. The van der Waals surface area contributed by atoms with Crippen LogP contribution in [-0.4, -0.2) is 33.5 Å². The second-order valence-electron chi connectivity index (χ2n) is 6.33. The lowest BCUT2D eigenvalue weighted by molar-refractivity contribution is -0.385. The van der Waals surface area contributed by atoms with E-state index in [9.17, 15) is 20.0 Å². The minimum Gasteiger partial charge on any atom is -0.390 e. The third-order valence-corrected chi connectivity index (χ3v) is 4.74. The molecule has 0 aromatic heterocycles. The van der Waals surface area contributed by atoms with Crippen LogP contribution in [0.1, 0.15) is 43.9 Å². The topological polar surface area (TPSA) is 83.7 Å². The number of amides is 1. The Morgan fingerprint density at radius 1 is 1.43 bits per heavy atom. The van der Waals surface area contributed by atoms with E-state index < -0.39 is 22.5 Å². The van der Waals surface area contributed by atoms with Gasteiger partial charge in [0.1, 0.15) is 0 Å². The highest BCUT2D eigenvalue weighted by Crippen LogP contribution is 2.49. The van der Waals surface area contributed by atoms with Crippen LogP contribution in [0.3, 0.4) is 0 Å². The smallest absolute Gasteiger partial charge is 0.269 e. The number of hydrogen-bond donors (Lipinski definition) is 1. The first kappa shape index (κ1) is 14.0. The van der Waals surface area contributed by atoms with Gasteiger partial charge in [-0.3, -0.25) is 14.9 Å². The Balaban J connectivity index is 2.13. The molecule has 3 rings (SSSR count). The van der Waals surface area contributed by atoms with Crippen molar-refractivity contribution in [2.75, 3.05) is 6.54 Å². The van der Waals surface area contributed by atoms with E-state index in [4.69, 9.17) is 0 Å². The van der Waals surface area contributed by atoms with E-state index in [1.807, 2.05) is 13.8 Å². The fraction of sp³-hybridized carbons (Fsp3) is 0.533. The molecule has 1 saturated heterocycles. The van der Waals surface area contributed by atoms with Crippen LogP contribution in [0.15, 0.2) is 18.2 Å². The van der Waals surface area contributed by atoms with Gasteiger partial charge < -0.3 is 10.0 Å². The molecular formula is C15H18N2O4. The highest BCUT2D eigenvalue weighted by atomic mass is 16.6. The van der Waals surface area contributed by atoms with Gasteiger partial charge >= 0.3 is 0 Å². The molecule has 1 aromatic carbocycles. The molecule has 2 aliphatic rings. The van der Waals surface area contributed by atoms with Crippen molar-refractivity contribution in [1.82, 2.24) is 4.90 Å². The van der Waals surface area contributed by atoms with E-state index in [1.165, 1.54) is 12.1 Å². The maximum Gasteiger partial charge on any atom is 0.269 e. The molecule has 0 bridgehead atoms. The zero-order chi connectivity index (χ0) is 15.4. The summed E-state index contributed by atoms with van der Waals surface area (Å²) < 4.78 is 0. The maximum absolute atomic E-state index is 12.0. The van der Waals surface area contributed by atoms with Crippen molar-refractivity contribution in [3.63, 3.8) is 0 Å². The summed E-state index contributed by atoms with van der Waals surface area (Å²) in [4.78, 5) is 24.3. The maximum atomic E-state index is 12.0. The van der Waals surface area contributed by atoms with Crippen molar-refractivity contribution in [3.05, 3.63) is 39.4 Å². The highest BCUT2D eigenvalue weighted by Gasteiger charge is 2.50. The summed E-state index contributed by atoms with van der Waals surface area (Å²) in [5.74, 6) is 0.00852. The van der Waals surface area contributed by atoms with E-state index in [0.29, 0.717) is 18.5 Å². The van der Waals surface area contributed by atoms with Gasteiger partial charge in [0.25, 0.3) is 5.69 Å². The van der Waals surface area contributed by atoms with Crippen LogP contribution in [0.2, 0.25) is 0 Å². The lowest BCUT2D eigenvalue weighted by Gasteiger charge is -2.32. The van der Waals surface area contributed by atoms with Gasteiger partial charge in [-0.2, -0.15) is 0 Å². The van der Waals surface area contributed by atoms with Crippen LogP contribution in [0, 0.1) is 10.1 Å². The fourth-order valence-corrected chi connectivity index (χ4v) is 3.52. The summed E-state index contributed by atoms with van der Waals surface area (Å²) in [7, 11) is 0. The molecule has 0 spiro atoms. The van der Waals surface area contributed by atoms with Gasteiger partial charge in [0.05, 0.1) is 17.1 Å². The van der Waals surface area contributed by atoms with Crippen LogP contribution in [-0.2, 0) is 10.2 Å². The summed E-state index contributed by atoms with van der Waals surface area (Å²) >= 11 is 0. The van der Waals surface area contributed by atoms with Crippen LogP contribution in [0.25, 0.3) is 0 Å². The zero-order valence-electron chi connectivity index (χ0n) is 12.1. The lowest BCUT2D eigenvalue weighted by atomic mass is 9.84. The van der Waals surface area contributed by atoms with Gasteiger partial charge in [0.2, 0.25) is 5.91 Å². The van der Waals surface area contributed by atoms with Gasteiger partial charge in [0, 0.05) is 30.5 Å². The number of aliphatic hydroxyl groups excluding tert-OH is 1. The molecule has 1 amide bonds. The predicted octanol–water partition coefficient (Wildman–Crippen LogP) is 1.91. The Hall–Kier alpha value is -1.95. The van der Waals surface area contributed by atoms with Crippen molar-refractivity contribution in [2.45, 2.75) is 44.2 Å². The number of nitrogens with zero attached hydrogens (tertiary/aromatic N) is 2. The molecule has 6 heteroatoms. The zero-order valence-corrected chi connectivity index (χ0v) is 12.1. The van der Waals surface area contributed by atoms with Crippen molar-refractivity contribution >= 4 is 11.6 Å². The first-order chi connectivity index (χ1) is 9.84. The van der Waals surface area contributed by atoms with Gasteiger partial charge in [-0.15, -0.1) is 0 Å². The number of benzene rings is 1. The Labute approximate surface area is 122 Å². The third-order valence-electron chi connectivity index (χ3n) is 4.74. The summed E-state index contributed by atoms with van der Waals surface area (Å²) in [6.45, 7) is 4.41. The van der Waals surface area contributed by atoms with Crippen molar-refractivity contribution in [3.8, 4) is 0 Å². The van der Waals surface area contributed by atoms with Gasteiger partial charge in [-0.1, -0.05) is 19.9 Å². The molecule has 1 aliphatic carbocycles. The number of nitro benzene ring substituents is 1. The van der Waals surface area contributed by atoms with Crippen molar-refractivity contribution in [1.29, 1.82) is 0 Å². The number of aliphatic hydroxyl groups is 1.